The highest BCUT2D eigenvalue weighted by Crippen LogP contribution is 2.37. The van der Waals surface area contributed by atoms with Crippen molar-refractivity contribution in [2.24, 2.45) is 12.5 Å². The fraction of sp³-hybridized carbons (Fsp3) is 0.304. The number of nitriles is 1. The molecule has 1 aliphatic rings. The van der Waals surface area contributed by atoms with E-state index < -0.39 is 12.0 Å². The van der Waals surface area contributed by atoms with Gasteiger partial charge in [-0.2, -0.15) is 14.0 Å². The van der Waals surface area contributed by atoms with Crippen molar-refractivity contribution in [2.45, 2.75) is 20.5 Å². The number of rotatable bonds is 6. The number of halogens is 2. The van der Waals surface area contributed by atoms with E-state index in [1.54, 1.807) is 29.9 Å². The van der Waals surface area contributed by atoms with Crippen LogP contribution in [0.15, 0.2) is 36.8 Å². The molecule has 12 heteroatoms. The zero-order valence-electron chi connectivity index (χ0n) is 19.2. The van der Waals surface area contributed by atoms with Crippen LogP contribution in [0, 0.1) is 23.7 Å². The molecule has 1 fully saturated rings. The van der Waals surface area contributed by atoms with Crippen LogP contribution in [0.25, 0.3) is 22.3 Å². The highest BCUT2D eigenvalue weighted by molar-refractivity contribution is 5.90. The van der Waals surface area contributed by atoms with Crippen molar-refractivity contribution in [3.63, 3.8) is 0 Å². The molecule has 3 aromatic heterocycles. The van der Waals surface area contributed by atoms with Crippen LogP contribution < -0.4 is 15.0 Å². The summed E-state index contributed by atoms with van der Waals surface area (Å²) >= 11 is 0. The summed E-state index contributed by atoms with van der Waals surface area (Å²) in [6, 6.07) is 8.96. The molecule has 4 aromatic rings. The van der Waals surface area contributed by atoms with E-state index in [2.05, 4.69) is 36.5 Å². The van der Waals surface area contributed by atoms with E-state index in [-0.39, 0.29) is 17.4 Å². The number of nitrogens with zero attached hydrogens (tertiary/aromatic N) is 8. The molecule has 0 radical (unpaired) electrons. The number of nitrogens with one attached hydrogen (secondary N) is 1. The molecule has 0 amide bonds. The Hall–Kier alpha value is -4.40. The molecule has 1 aliphatic heterocycles. The van der Waals surface area contributed by atoms with Crippen molar-refractivity contribution >= 4 is 28.4 Å². The molecule has 1 N–H and O–H groups in total. The number of benzene rings is 1. The number of aromatic nitrogens is 6. The van der Waals surface area contributed by atoms with Gasteiger partial charge in [-0.25, -0.2) is 15.0 Å². The first-order valence-corrected chi connectivity index (χ1v) is 10.8. The molecule has 4 heterocycles. The molecule has 0 aliphatic carbocycles. The van der Waals surface area contributed by atoms with Gasteiger partial charge in [0.2, 0.25) is 5.95 Å². The summed E-state index contributed by atoms with van der Waals surface area (Å²) in [5.41, 5.74) is 1.79. The number of hydrogen-bond donors (Lipinski definition) is 1. The molecule has 0 bridgehead atoms. The zero-order chi connectivity index (χ0) is 24.7. The lowest BCUT2D eigenvalue weighted by Crippen LogP contribution is -2.54. The first-order valence-electron chi connectivity index (χ1n) is 10.8. The number of ether oxygens (including phenoxy) is 1. The normalized spacial score (nSPS) is 14.6. The molecule has 1 aromatic carbocycles. The average Bonchev–Trinajstić information content (AvgIpc) is 3.23. The second-order valence-electron chi connectivity index (χ2n) is 8.73. The average molecular weight is 477 g/mol. The highest BCUT2D eigenvalue weighted by Gasteiger charge is 2.40. The molecule has 0 unspecified atom stereocenters. The number of fused-ring (bicyclic) bond motifs is 1. The van der Waals surface area contributed by atoms with E-state index >= 15 is 0 Å². The van der Waals surface area contributed by atoms with Crippen molar-refractivity contribution in [2.75, 3.05) is 23.3 Å². The Balaban J connectivity index is 1.50. The lowest BCUT2D eigenvalue weighted by molar-refractivity contribution is -0.0493. The number of aryl methyl sites for hydroxylation is 2. The molecule has 35 heavy (non-hydrogen) atoms. The Morgan fingerprint density at radius 1 is 1.23 bits per heavy atom. The van der Waals surface area contributed by atoms with E-state index in [0.29, 0.717) is 35.8 Å². The lowest BCUT2D eigenvalue weighted by atomic mass is 9.83. The maximum absolute atomic E-state index is 13.2. The monoisotopic (exact) mass is 477 g/mol. The van der Waals surface area contributed by atoms with Crippen molar-refractivity contribution in [3.05, 3.63) is 42.5 Å². The molecule has 1 saturated heterocycles. The van der Waals surface area contributed by atoms with E-state index in [0.717, 1.165) is 11.1 Å². The standard InChI is InChI=1S/C23H21F2N9O/c1-13-6-15-8-27-22(31-18(15)20(29-13)34-10-23(2,9-26)11-34)30-16-5-4-14(7-17(16)35-21(24)25)19-32-28-12-33(19)3/h4-8,12,21H,10-11H2,1-3H3,(H,27,30,31). The van der Waals surface area contributed by atoms with Crippen molar-refractivity contribution < 1.29 is 13.5 Å². The summed E-state index contributed by atoms with van der Waals surface area (Å²) in [7, 11) is 1.75. The summed E-state index contributed by atoms with van der Waals surface area (Å²) in [6.45, 7) is 1.83. The van der Waals surface area contributed by atoms with Crippen LogP contribution in [-0.4, -0.2) is 49.4 Å². The van der Waals surface area contributed by atoms with Gasteiger partial charge in [-0.3, -0.25) is 0 Å². The van der Waals surface area contributed by atoms with Gasteiger partial charge in [0.25, 0.3) is 0 Å². The maximum Gasteiger partial charge on any atom is 0.387 e. The summed E-state index contributed by atoms with van der Waals surface area (Å²) in [6.07, 6.45) is 3.16. The minimum absolute atomic E-state index is 0.0843. The predicted octanol–water partition coefficient (Wildman–Crippen LogP) is 3.82. The second kappa shape index (κ2) is 8.43. The lowest BCUT2D eigenvalue weighted by Gasteiger charge is -2.44. The first-order chi connectivity index (χ1) is 16.7. The molecular weight excluding hydrogens is 456 g/mol. The molecule has 0 atom stereocenters. The van der Waals surface area contributed by atoms with Gasteiger partial charge in [-0.15, -0.1) is 10.2 Å². The van der Waals surface area contributed by atoms with Gasteiger partial charge in [-0.05, 0) is 38.1 Å². The van der Waals surface area contributed by atoms with Crippen LogP contribution in [-0.2, 0) is 7.05 Å². The Morgan fingerprint density at radius 2 is 2.03 bits per heavy atom. The van der Waals surface area contributed by atoms with Crippen molar-refractivity contribution in [1.82, 2.24) is 29.7 Å². The van der Waals surface area contributed by atoms with E-state index in [1.807, 2.05) is 24.8 Å². The predicted molar refractivity (Wildman–Crippen MR) is 124 cm³/mol. The minimum atomic E-state index is -3.03. The largest absolute Gasteiger partial charge is 0.433 e. The van der Waals surface area contributed by atoms with Crippen molar-refractivity contribution in [1.29, 1.82) is 5.26 Å². The Bertz CT molecular complexity index is 1460. The topological polar surface area (TPSA) is 118 Å². The highest BCUT2D eigenvalue weighted by atomic mass is 19.3. The third kappa shape index (κ3) is 4.28. The molecule has 5 rings (SSSR count). The third-order valence-electron chi connectivity index (χ3n) is 5.74. The summed E-state index contributed by atoms with van der Waals surface area (Å²) < 4.78 is 32.8. The minimum Gasteiger partial charge on any atom is -0.433 e. The van der Waals surface area contributed by atoms with Crippen LogP contribution in [0.3, 0.4) is 0 Å². The smallest absolute Gasteiger partial charge is 0.387 e. The van der Waals surface area contributed by atoms with Gasteiger partial charge in [0.15, 0.2) is 11.6 Å². The number of anilines is 3. The quantitative estimate of drug-likeness (QED) is 0.442. The maximum atomic E-state index is 13.2. The molecule has 0 saturated carbocycles. The summed E-state index contributed by atoms with van der Waals surface area (Å²) in [5, 5.41) is 21.0. The summed E-state index contributed by atoms with van der Waals surface area (Å²) in [4.78, 5) is 15.6. The number of hydrogen-bond acceptors (Lipinski definition) is 9. The van der Waals surface area contributed by atoms with Crippen LogP contribution in [0.5, 0.6) is 5.75 Å². The molecule has 0 spiro atoms. The zero-order valence-corrected chi connectivity index (χ0v) is 19.2. The first kappa shape index (κ1) is 22.4. The second-order valence-corrected chi connectivity index (χ2v) is 8.73. The molecule has 10 nitrogen and oxygen atoms in total. The third-order valence-corrected chi connectivity index (χ3v) is 5.74. The molecular formula is C23H21F2N9O. The van der Waals surface area contributed by atoms with Crippen LogP contribution in [0.1, 0.15) is 12.6 Å². The van der Waals surface area contributed by atoms with Crippen LogP contribution in [0.2, 0.25) is 0 Å². The Labute approximate surface area is 199 Å². The van der Waals surface area contributed by atoms with Crippen LogP contribution in [0.4, 0.5) is 26.2 Å². The van der Waals surface area contributed by atoms with E-state index in [1.165, 1.54) is 12.4 Å². The van der Waals surface area contributed by atoms with Gasteiger partial charge < -0.3 is 19.5 Å². The van der Waals surface area contributed by atoms with Gasteiger partial charge in [0.1, 0.15) is 17.6 Å². The van der Waals surface area contributed by atoms with Gasteiger partial charge in [-0.1, -0.05) is 0 Å². The Kier molecular flexibility index (Phi) is 5.39. The van der Waals surface area contributed by atoms with Gasteiger partial charge >= 0.3 is 6.61 Å². The van der Waals surface area contributed by atoms with E-state index in [4.69, 9.17) is 4.74 Å². The van der Waals surface area contributed by atoms with Gasteiger partial charge in [0.05, 0.1) is 17.2 Å². The van der Waals surface area contributed by atoms with Crippen molar-refractivity contribution in [3.8, 4) is 23.2 Å². The summed E-state index contributed by atoms with van der Waals surface area (Å²) in [5.74, 6) is 1.26. The fourth-order valence-electron chi connectivity index (χ4n) is 4.07. The molecule has 178 valence electrons. The SMILES string of the molecule is Cc1cc2cnc(Nc3ccc(-c4nncn4C)cc3OC(F)F)nc2c(N2CC(C)(C#N)C2)n1. The number of alkyl halides is 2. The van der Waals surface area contributed by atoms with E-state index in [9.17, 15) is 14.0 Å². The van der Waals surface area contributed by atoms with Gasteiger partial charge in [0, 0.05) is 43.0 Å². The fourth-order valence-corrected chi connectivity index (χ4v) is 4.07. The Morgan fingerprint density at radius 3 is 2.71 bits per heavy atom. The number of pyridine rings is 1. The van der Waals surface area contributed by atoms with Crippen LogP contribution >= 0.6 is 0 Å².